The lowest BCUT2D eigenvalue weighted by Gasteiger charge is -2.04. The summed E-state index contributed by atoms with van der Waals surface area (Å²) in [7, 11) is 0. The Kier molecular flexibility index (Phi) is 5.22. The van der Waals surface area contributed by atoms with Crippen LogP contribution in [-0.2, 0) is 6.54 Å². The van der Waals surface area contributed by atoms with E-state index in [4.69, 9.17) is 0 Å². The molecule has 0 aliphatic rings. The van der Waals surface area contributed by atoms with Crippen LogP contribution >= 0.6 is 0 Å². The maximum absolute atomic E-state index is 3.37. The Morgan fingerprint density at radius 3 is 2.38 bits per heavy atom. The van der Waals surface area contributed by atoms with Crippen LogP contribution in [0.25, 0.3) is 0 Å². The van der Waals surface area contributed by atoms with Gasteiger partial charge in [-0.05, 0) is 12.1 Å². The second-order valence-corrected chi connectivity index (χ2v) is 3.02. The van der Waals surface area contributed by atoms with Crippen molar-refractivity contribution in [3.8, 4) is 0 Å². The molecule has 0 aromatic heterocycles. The Bertz CT molecular complexity index is 209. The topological polar surface area (TPSA) is 24.1 Å². The van der Waals surface area contributed by atoms with Crippen molar-refractivity contribution in [2.75, 3.05) is 19.6 Å². The Balaban J connectivity index is 2.07. The predicted octanol–water partition coefficient (Wildman–Crippen LogP) is 1.39. The van der Waals surface area contributed by atoms with Crippen LogP contribution in [0.1, 0.15) is 12.5 Å². The maximum Gasteiger partial charge on any atom is 0.0206 e. The average molecular weight is 178 g/mol. The second-order valence-electron chi connectivity index (χ2n) is 3.02. The molecule has 1 rings (SSSR count). The molecular weight excluding hydrogens is 160 g/mol. The van der Waals surface area contributed by atoms with Crippen LogP contribution in [0.3, 0.4) is 0 Å². The summed E-state index contributed by atoms with van der Waals surface area (Å²) in [6.07, 6.45) is 0. The van der Waals surface area contributed by atoms with E-state index in [1.807, 2.05) is 6.07 Å². The summed E-state index contributed by atoms with van der Waals surface area (Å²) in [5, 5.41) is 6.65. The summed E-state index contributed by atoms with van der Waals surface area (Å²) >= 11 is 0. The number of likely N-dealkylation sites (N-methyl/N-ethyl adjacent to an activating group) is 1. The molecule has 2 N–H and O–H groups in total. The molecule has 0 saturated heterocycles. The molecule has 2 heteroatoms. The van der Waals surface area contributed by atoms with Gasteiger partial charge in [0, 0.05) is 19.6 Å². The molecule has 0 spiro atoms. The Morgan fingerprint density at radius 1 is 1.00 bits per heavy atom. The van der Waals surface area contributed by atoms with Crippen molar-refractivity contribution in [2.24, 2.45) is 0 Å². The molecular formula is C11H18N2. The molecule has 2 nitrogen and oxygen atoms in total. The molecule has 1 aromatic rings. The molecule has 1 aromatic carbocycles. The van der Waals surface area contributed by atoms with Crippen molar-refractivity contribution >= 4 is 0 Å². The van der Waals surface area contributed by atoms with Gasteiger partial charge < -0.3 is 10.6 Å². The lowest BCUT2D eigenvalue weighted by molar-refractivity contribution is 0.625. The van der Waals surface area contributed by atoms with Crippen LogP contribution in [0.4, 0.5) is 0 Å². The van der Waals surface area contributed by atoms with Gasteiger partial charge in [0.2, 0.25) is 0 Å². The van der Waals surface area contributed by atoms with E-state index in [-0.39, 0.29) is 0 Å². The average Bonchev–Trinajstić information content (AvgIpc) is 2.19. The Labute approximate surface area is 80.4 Å². The van der Waals surface area contributed by atoms with E-state index in [1.165, 1.54) is 5.56 Å². The monoisotopic (exact) mass is 178 g/mol. The fourth-order valence-electron chi connectivity index (χ4n) is 1.18. The van der Waals surface area contributed by atoms with E-state index >= 15 is 0 Å². The SMILES string of the molecule is CCNCCNCc1ccccc1. The molecule has 13 heavy (non-hydrogen) atoms. The summed E-state index contributed by atoms with van der Waals surface area (Å²) in [6, 6.07) is 10.5. The third kappa shape index (κ3) is 4.65. The quantitative estimate of drug-likeness (QED) is 0.643. The first-order chi connectivity index (χ1) is 6.43. The van der Waals surface area contributed by atoms with Crippen molar-refractivity contribution in [3.63, 3.8) is 0 Å². The first-order valence-corrected chi connectivity index (χ1v) is 4.89. The largest absolute Gasteiger partial charge is 0.316 e. The van der Waals surface area contributed by atoms with Crippen LogP contribution in [0.15, 0.2) is 30.3 Å². The van der Waals surface area contributed by atoms with Crippen molar-refractivity contribution in [1.29, 1.82) is 0 Å². The molecule has 0 aliphatic heterocycles. The van der Waals surface area contributed by atoms with E-state index in [9.17, 15) is 0 Å². The van der Waals surface area contributed by atoms with Gasteiger partial charge in [0.05, 0.1) is 0 Å². The molecule has 0 fully saturated rings. The molecule has 0 aliphatic carbocycles. The van der Waals surface area contributed by atoms with Gasteiger partial charge in [-0.1, -0.05) is 37.3 Å². The normalized spacial score (nSPS) is 10.2. The highest BCUT2D eigenvalue weighted by Gasteiger charge is 1.89. The highest BCUT2D eigenvalue weighted by Crippen LogP contribution is 1.96. The van der Waals surface area contributed by atoms with Crippen molar-refractivity contribution in [1.82, 2.24) is 10.6 Å². The van der Waals surface area contributed by atoms with Gasteiger partial charge in [-0.2, -0.15) is 0 Å². The number of nitrogens with one attached hydrogen (secondary N) is 2. The van der Waals surface area contributed by atoms with Crippen LogP contribution in [0.5, 0.6) is 0 Å². The smallest absolute Gasteiger partial charge is 0.0206 e. The highest BCUT2D eigenvalue weighted by molar-refractivity contribution is 5.14. The van der Waals surface area contributed by atoms with Gasteiger partial charge in [-0.25, -0.2) is 0 Å². The van der Waals surface area contributed by atoms with Crippen molar-refractivity contribution in [2.45, 2.75) is 13.5 Å². The minimum atomic E-state index is 0.965. The minimum Gasteiger partial charge on any atom is -0.316 e. The van der Waals surface area contributed by atoms with Crippen molar-refractivity contribution in [3.05, 3.63) is 35.9 Å². The number of hydrogen-bond donors (Lipinski definition) is 2. The van der Waals surface area contributed by atoms with E-state index in [0.29, 0.717) is 0 Å². The Hall–Kier alpha value is -0.860. The van der Waals surface area contributed by atoms with Crippen LogP contribution < -0.4 is 10.6 Å². The maximum atomic E-state index is 3.37. The van der Waals surface area contributed by atoms with E-state index in [0.717, 1.165) is 26.2 Å². The highest BCUT2D eigenvalue weighted by atomic mass is 14.9. The summed E-state index contributed by atoms with van der Waals surface area (Å²) in [5.41, 5.74) is 1.35. The molecule has 72 valence electrons. The van der Waals surface area contributed by atoms with Gasteiger partial charge in [0.15, 0.2) is 0 Å². The van der Waals surface area contributed by atoms with Crippen molar-refractivity contribution < 1.29 is 0 Å². The third-order valence-corrected chi connectivity index (χ3v) is 1.90. The first kappa shape index (κ1) is 10.2. The summed E-state index contributed by atoms with van der Waals surface area (Å²) < 4.78 is 0. The molecule has 0 amide bonds. The summed E-state index contributed by atoms with van der Waals surface area (Å²) in [5.74, 6) is 0. The molecule has 0 radical (unpaired) electrons. The second kappa shape index (κ2) is 6.63. The van der Waals surface area contributed by atoms with Crippen LogP contribution in [-0.4, -0.2) is 19.6 Å². The number of hydrogen-bond acceptors (Lipinski definition) is 2. The van der Waals surface area contributed by atoms with Gasteiger partial charge in [0.1, 0.15) is 0 Å². The Morgan fingerprint density at radius 2 is 1.69 bits per heavy atom. The zero-order valence-corrected chi connectivity index (χ0v) is 8.22. The van der Waals surface area contributed by atoms with Gasteiger partial charge in [0.25, 0.3) is 0 Å². The molecule has 0 atom stereocenters. The standard InChI is InChI=1S/C11H18N2/c1-2-12-8-9-13-10-11-6-4-3-5-7-11/h3-7,12-13H,2,8-10H2,1H3. The fourth-order valence-corrected chi connectivity index (χ4v) is 1.18. The summed E-state index contributed by atoms with van der Waals surface area (Å²) in [4.78, 5) is 0. The minimum absolute atomic E-state index is 0.965. The number of rotatable bonds is 6. The molecule has 0 bridgehead atoms. The zero-order chi connectivity index (χ0) is 9.36. The zero-order valence-electron chi connectivity index (χ0n) is 8.22. The van der Waals surface area contributed by atoms with E-state index in [2.05, 4.69) is 41.8 Å². The van der Waals surface area contributed by atoms with E-state index in [1.54, 1.807) is 0 Å². The van der Waals surface area contributed by atoms with Gasteiger partial charge in [-0.15, -0.1) is 0 Å². The molecule has 0 heterocycles. The lowest BCUT2D eigenvalue weighted by atomic mass is 10.2. The third-order valence-electron chi connectivity index (χ3n) is 1.90. The summed E-state index contributed by atoms with van der Waals surface area (Å²) in [6.45, 7) is 6.21. The molecule has 0 unspecified atom stereocenters. The van der Waals surface area contributed by atoms with Crippen LogP contribution in [0.2, 0.25) is 0 Å². The van der Waals surface area contributed by atoms with Gasteiger partial charge in [-0.3, -0.25) is 0 Å². The fraction of sp³-hybridized carbons (Fsp3) is 0.455. The van der Waals surface area contributed by atoms with Crippen LogP contribution in [0, 0.1) is 0 Å². The van der Waals surface area contributed by atoms with Gasteiger partial charge >= 0.3 is 0 Å². The predicted molar refractivity (Wildman–Crippen MR) is 56.7 cm³/mol. The lowest BCUT2D eigenvalue weighted by Crippen LogP contribution is -2.26. The molecule has 0 saturated carbocycles. The van der Waals surface area contributed by atoms with E-state index < -0.39 is 0 Å². The number of benzene rings is 1. The first-order valence-electron chi connectivity index (χ1n) is 4.89.